The molecule has 1 atom stereocenters. The lowest BCUT2D eigenvalue weighted by molar-refractivity contribution is -0.120. The van der Waals surface area contributed by atoms with Crippen LogP contribution in [0, 0.1) is 6.92 Å². The highest BCUT2D eigenvalue weighted by Crippen LogP contribution is 2.20. The van der Waals surface area contributed by atoms with Gasteiger partial charge in [-0.25, -0.2) is 8.42 Å². The summed E-state index contributed by atoms with van der Waals surface area (Å²) in [5.41, 5.74) is 2.71. The third kappa shape index (κ3) is 5.65. The van der Waals surface area contributed by atoms with Crippen molar-refractivity contribution in [3.8, 4) is 0 Å². The minimum absolute atomic E-state index is 0.178. The zero-order valence-corrected chi connectivity index (χ0v) is 16.7. The van der Waals surface area contributed by atoms with E-state index in [1.165, 1.54) is 13.0 Å². The van der Waals surface area contributed by atoms with Crippen LogP contribution in [-0.2, 0) is 14.8 Å². The molecule has 27 heavy (non-hydrogen) atoms. The maximum atomic E-state index is 12.5. The van der Waals surface area contributed by atoms with E-state index in [-0.39, 0.29) is 24.1 Å². The Morgan fingerprint density at radius 1 is 1.11 bits per heavy atom. The van der Waals surface area contributed by atoms with Crippen LogP contribution in [0.5, 0.6) is 0 Å². The molecule has 0 aliphatic rings. The van der Waals surface area contributed by atoms with E-state index < -0.39 is 15.9 Å². The van der Waals surface area contributed by atoms with Gasteiger partial charge in [0.05, 0.1) is 18.0 Å². The summed E-state index contributed by atoms with van der Waals surface area (Å²) in [7, 11) is -3.70. The molecule has 0 radical (unpaired) electrons. The fourth-order valence-electron chi connectivity index (χ4n) is 2.64. The highest BCUT2D eigenvalue weighted by molar-refractivity contribution is 7.92. The Morgan fingerprint density at radius 3 is 2.30 bits per heavy atom. The summed E-state index contributed by atoms with van der Waals surface area (Å²) in [6, 6.07) is 13.7. The van der Waals surface area contributed by atoms with Crippen molar-refractivity contribution in [2.75, 3.05) is 17.1 Å². The number of hydrogen-bond donors (Lipinski definition) is 1. The molecular formula is C20H24N2O4S. The highest BCUT2D eigenvalue weighted by atomic mass is 32.2. The van der Waals surface area contributed by atoms with E-state index in [1.54, 1.807) is 18.2 Å². The van der Waals surface area contributed by atoms with Crippen LogP contribution in [0.2, 0.25) is 0 Å². The normalized spacial score (nSPS) is 12.3. The van der Waals surface area contributed by atoms with E-state index >= 15 is 0 Å². The van der Waals surface area contributed by atoms with Crippen LogP contribution in [0.25, 0.3) is 0 Å². The number of amides is 1. The van der Waals surface area contributed by atoms with Gasteiger partial charge in [-0.2, -0.15) is 0 Å². The van der Waals surface area contributed by atoms with Gasteiger partial charge in [-0.1, -0.05) is 42.0 Å². The Hall–Kier alpha value is -2.67. The molecular weight excluding hydrogens is 364 g/mol. The number of benzene rings is 2. The first-order valence-corrected chi connectivity index (χ1v) is 10.4. The number of sulfonamides is 1. The Bertz CT molecular complexity index is 937. The van der Waals surface area contributed by atoms with Crippen LogP contribution in [0.1, 0.15) is 41.4 Å². The number of hydrogen-bond acceptors (Lipinski definition) is 4. The predicted molar refractivity (Wildman–Crippen MR) is 106 cm³/mol. The largest absolute Gasteiger partial charge is 0.348 e. The van der Waals surface area contributed by atoms with Gasteiger partial charge < -0.3 is 5.32 Å². The zero-order chi connectivity index (χ0) is 20.2. The molecule has 0 aliphatic carbocycles. The van der Waals surface area contributed by atoms with E-state index in [1.807, 2.05) is 38.1 Å². The lowest BCUT2D eigenvalue weighted by atomic mass is 10.1. The van der Waals surface area contributed by atoms with Gasteiger partial charge in [-0.3, -0.25) is 13.9 Å². The van der Waals surface area contributed by atoms with E-state index in [4.69, 9.17) is 0 Å². The number of Topliss-reactive ketones (excluding diaryl/α,β-unsaturated/α-hetero) is 1. The minimum atomic E-state index is -3.70. The number of carbonyl (C=O) groups excluding carboxylic acids is 2. The Balaban J connectivity index is 2.19. The van der Waals surface area contributed by atoms with Crippen molar-refractivity contribution in [2.45, 2.75) is 26.8 Å². The summed E-state index contributed by atoms with van der Waals surface area (Å²) in [5, 5.41) is 2.81. The average Bonchev–Trinajstić information content (AvgIpc) is 2.59. The summed E-state index contributed by atoms with van der Waals surface area (Å²) in [4.78, 5) is 24.0. The molecule has 1 amide bonds. The van der Waals surface area contributed by atoms with Crippen LogP contribution >= 0.6 is 0 Å². The van der Waals surface area contributed by atoms with E-state index in [0.717, 1.165) is 21.7 Å². The van der Waals surface area contributed by atoms with Crippen LogP contribution in [0.4, 0.5) is 5.69 Å². The zero-order valence-electron chi connectivity index (χ0n) is 15.9. The molecule has 0 unspecified atom stereocenters. The lowest BCUT2D eigenvalue weighted by Crippen LogP contribution is -2.41. The van der Waals surface area contributed by atoms with Crippen molar-refractivity contribution >= 4 is 27.4 Å². The molecule has 1 N–H and O–H groups in total. The maximum Gasteiger partial charge on any atom is 0.241 e. The van der Waals surface area contributed by atoms with Gasteiger partial charge in [0, 0.05) is 5.56 Å². The van der Waals surface area contributed by atoms with Crippen LogP contribution in [0.3, 0.4) is 0 Å². The van der Waals surface area contributed by atoms with Gasteiger partial charge in [0.1, 0.15) is 6.54 Å². The Labute approximate surface area is 160 Å². The second kappa shape index (κ2) is 8.35. The summed E-state index contributed by atoms with van der Waals surface area (Å²) < 4.78 is 25.4. The van der Waals surface area contributed by atoms with Gasteiger partial charge in [-0.15, -0.1) is 0 Å². The Morgan fingerprint density at radius 2 is 1.74 bits per heavy atom. The van der Waals surface area contributed by atoms with Crippen molar-refractivity contribution in [1.29, 1.82) is 0 Å². The molecule has 0 saturated heterocycles. The van der Waals surface area contributed by atoms with Crippen molar-refractivity contribution in [2.24, 2.45) is 0 Å². The number of anilines is 1. The highest BCUT2D eigenvalue weighted by Gasteiger charge is 2.22. The van der Waals surface area contributed by atoms with Gasteiger partial charge in [0.15, 0.2) is 5.78 Å². The second-order valence-electron chi connectivity index (χ2n) is 6.58. The second-order valence-corrected chi connectivity index (χ2v) is 8.48. The molecule has 0 aliphatic heterocycles. The molecule has 2 aromatic carbocycles. The smallest absolute Gasteiger partial charge is 0.241 e. The quantitative estimate of drug-likeness (QED) is 0.739. The SMILES string of the molecule is CC(=O)c1cccc(N(CC(=O)N[C@@H](C)c2ccc(C)cc2)S(C)(=O)=O)c1. The van der Waals surface area contributed by atoms with Gasteiger partial charge in [0.25, 0.3) is 0 Å². The third-order valence-corrected chi connectivity index (χ3v) is 5.32. The Kier molecular flexibility index (Phi) is 6.38. The third-order valence-electron chi connectivity index (χ3n) is 4.18. The number of aryl methyl sites for hydroxylation is 1. The molecule has 2 aromatic rings. The number of ketones is 1. The molecule has 0 heterocycles. The molecule has 7 heteroatoms. The summed E-state index contributed by atoms with van der Waals surface area (Å²) >= 11 is 0. The topological polar surface area (TPSA) is 83.6 Å². The summed E-state index contributed by atoms with van der Waals surface area (Å²) in [6.07, 6.45) is 1.03. The molecule has 0 saturated carbocycles. The van der Waals surface area contributed by atoms with Gasteiger partial charge in [-0.05, 0) is 38.5 Å². The summed E-state index contributed by atoms with van der Waals surface area (Å²) in [5.74, 6) is -0.607. The van der Waals surface area contributed by atoms with E-state index in [0.29, 0.717) is 5.56 Å². The fourth-order valence-corrected chi connectivity index (χ4v) is 3.48. The fraction of sp³-hybridized carbons (Fsp3) is 0.300. The first-order valence-electron chi connectivity index (χ1n) is 8.52. The standard InChI is InChI=1S/C20H24N2O4S/c1-14-8-10-17(11-9-14)15(2)21-20(24)13-22(27(4,25)26)19-7-5-6-18(12-19)16(3)23/h5-12,15H,13H2,1-4H3,(H,21,24)/t15-/m0/s1. The molecule has 0 fully saturated rings. The summed E-state index contributed by atoms with van der Waals surface area (Å²) in [6.45, 7) is 4.85. The van der Waals surface area contributed by atoms with Crippen molar-refractivity contribution in [3.63, 3.8) is 0 Å². The molecule has 144 valence electrons. The van der Waals surface area contributed by atoms with Crippen molar-refractivity contribution in [3.05, 3.63) is 65.2 Å². The average molecular weight is 388 g/mol. The van der Waals surface area contributed by atoms with Crippen LogP contribution < -0.4 is 9.62 Å². The van der Waals surface area contributed by atoms with E-state index in [9.17, 15) is 18.0 Å². The van der Waals surface area contributed by atoms with Crippen molar-refractivity contribution in [1.82, 2.24) is 5.32 Å². The minimum Gasteiger partial charge on any atom is -0.348 e. The van der Waals surface area contributed by atoms with E-state index in [2.05, 4.69) is 5.32 Å². The van der Waals surface area contributed by atoms with Crippen LogP contribution in [-0.4, -0.2) is 32.9 Å². The number of carbonyl (C=O) groups is 2. The van der Waals surface area contributed by atoms with Gasteiger partial charge >= 0.3 is 0 Å². The van der Waals surface area contributed by atoms with Crippen molar-refractivity contribution < 1.29 is 18.0 Å². The molecule has 0 bridgehead atoms. The monoisotopic (exact) mass is 388 g/mol. The lowest BCUT2D eigenvalue weighted by Gasteiger charge is -2.23. The maximum absolute atomic E-state index is 12.5. The predicted octanol–water partition coefficient (Wildman–Crippen LogP) is 2.84. The first kappa shape index (κ1) is 20.6. The number of rotatable bonds is 7. The first-order chi connectivity index (χ1) is 12.6. The number of nitrogens with one attached hydrogen (secondary N) is 1. The molecule has 2 rings (SSSR count). The molecule has 6 nitrogen and oxygen atoms in total. The number of nitrogens with zero attached hydrogens (tertiary/aromatic N) is 1. The van der Waals surface area contributed by atoms with Crippen LogP contribution in [0.15, 0.2) is 48.5 Å². The van der Waals surface area contributed by atoms with Gasteiger partial charge in [0.2, 0.25) is 15.9 Å². The molecule has 0 spiro atoms. The molecule has 0 aromatic heterocycles.